The number of rotatable bonds is 10. The Balaban J connectivity index is 1.72. The van der Waals surface area contributed by atoms with E-state index in [1.54, 1.807) is 22.6 Å². The molecule has 1 aromatic carbocycles. The summed E-state index contributed by atoms with van der Waals surface area (Å²) >= 11 is 1.58. The summed E-state index contributed by atoms with van der Waals surface area (Å²) in [5, 5.41) is 23.2. The second-order valence-electron chi connectivity index (χ2n) is 7.11. The molecule has 0 atom stereocenters. The number of nitro groups is 1. The zero-order chi connectivity index (χ0) is 22.4. The van der Waals surface area contributed by atoms with Gasteiger partial charge in [0.15, 0.2) is 10.8 Å². The van der Waals surface area contributed by atoms with Crippen LogP contribution in [-0.2, 0) is 6.54 Å². The fourth-order valence-electron chi connectivity index (χ4n) is 2.85. The van der Waals surface area contributed by atoms with Crippen molar-refractivity contribution < 1.29 is 9.72 Å². The number of nitro benzene ring substituents is 1. The summed E-state index contributed by atoms with van der Waals surface area (Å²) in [6.45, 7) is 7.82. The van der Waals surface area contributed by atoms with Crippen LogP contribution in [0, 0.1) is 10.1 Å². The topological polar surface area (TPSA) is 128 Å². The van der Waals surface area contributed by atoms with Crippen LogP contribution < -0.4 is 10.6 Å². The highest BCUT2D eigenvalue weighted by molar-refractivity contribution is 7.99. The second-order valence-corrected chi connectivity index (χ2v) is 8.66. The van der Waals surface area contributed by atoms with Crippen LogP contribution in [0.1, 0.15) is 37.6 Å². The molecule has 0 spiro atoms. The summed E-state index contributed by atoms with van der Waals surface area (Å²) < 4.78 is 1.74. The van der Waals surface area contributed by atoms with Crippen LogP contribution in [0.3, 0.4) is 0 Å². The number of non-ortho nitro benzene ring substituents is 1. The van der Waals surface area contributed by atoms with Crippen LogP contribution in [0.4, 0.5) is 11.5 Å². The number of nitrogens with zero attached hydrogens (tertiary/aromatic N) is 5. The molecule has 0 aliphatic carbocycles. The molecule has 0 fully saturated rings. The van der Waals surface area contributed by atoms with Gasteiger partial charge in [0.1, 0.15) is 5.82 Å². The van der Waals surface area contributed by atoms with Crippen LogP contribution in [0.2, 0.25) is 0 Å². The molecule has 0 bridgehead atoms. The van der Waals surface area contributed by atoms with Crippen LogP contribution >= 0.6 is 11.8 Å². The first-order valence-electron chi connectivity index (χ1n) is 10.1. The predicted octanol–water partition coefficient (Wildman–Crippen LogP) is 3.49. The van der Waals surface area contributed by atoms with Crippen molar-refractivity contribution in [1.29, 1.82) is 0 Å². The summed E-state index contributed by atoms with van der Waals surface area (Å²) in [5.41, 5.74) is 1.02. The molecule has 0 saturated heterocycles. The molecule has 11 heteroatoms. The van der Waals surface area contributed by atoms with Gasteiger partial charge in [-0.15, -0.1) is 0 Å². The van der Waals surface area contributed by atoms with E-state index in [9.17, 15) is 14.9 Å². The minimum Gasteiger partial charge on any atom is -0.369 e. The minimum absolute atomic E-state index is 0.0539. The molecule has 0 unspecified atom stereocenters. The van der Waals surface area contributed by atoms with Crippen molar-refractivity contribution in [2.45, 2.75) is 44.1 Å². The molecule has 2 aromatic heterocycles. The van der Waals surface area contributed by atoms with E-state index in [0.29, 0.717) is 34.7 Å². The average molecular weight is 444 g/mol. The van der Waals surface area contributed by atoms with Gasteiger partial charge in [-0.25, -0.2) is 14.6 Å². The smallest absolute Gasteiger partial charge is 0.269 e. The molecule has 31 heavy (non-hydrogen) atoms. The van der Waals surface area contributed by atoms with Crippen molar-refractivity contribution in [3.05, 3.63) is 46.1 Å². The Morgan fingerprint density at radius 2 is 1.97 bits per heavy atom. The van der Waals surface area contributed by atoms with E-state index in [1.807, 2.05) is 0 Å². The highest BCUT2D eigenvalue weighted by Crippen LogP contribution is 2.26. The molecule has 10 nitrogen and oxygen atoms in total. The number of benzene rings is 1. The maximum atomic E-state index is 12.3. The van der Waals surface area contributed by atoms with Crippen molar-refractivity contribution in [1.82, 2.24) is 25.1 Å². The zero-order valence-electron chi connectivity index (χ0n) is 17.7. The number of aromatic nitrogens is 4. The largest absolute Gasteiger partial charge is 0.369 e. The number of hydrogen-bond donors (Lipinski definition) is 2. The first-order valence-corrected chi connectivity index (χ1v) is 10.9. The maximum absolute atomic E-state index is 12.3. The van der Waals surface area contributed by atoms with Crippen LogP contribution in [-0.4, -0.2) is 48.9 Å². The predicted molar refractivity (Wildman–Crippen MR) is 121 cm³/mol. The van der Waals surface area contributed by atoms with Gasteiger partial charge in [-0.3, -0.25) is 14.9 Å². The normalized spacial score (nSPS) is 11.1. The Labute approximate surface area is 184 Å². The molecule has 2 heterocycles. The van der Waals surface area contributed by atoms with Gasteiger partial charge in [0, 0.05) is 36.0 Å². The number of anilines is 1. The van der Waals surface area contributed by atoms with Crippen molar-refractivity contribution >= 4 is 40.2 Å². The van der Waals surface area contributed by atoms with E-state index in [0.717, 1.165) is 24.2 Å². The van der Waals surface area contributed by atoms with Crippen molar-refractivity contribution in [3.63, 3.8) is 0 Å². The van der Waals surface area contributed by atoms with Gasteiger partial charge >= 0.3 is 0 Å². The molecule has 164 valence electrons. The fraction of sp³-hybridized carbons (Fsp3) is 0.400. The summed E-state index contributed by atoms with van der Waals surface area (Å²) in [7, 11) is 0. The molecule has 0 radical (unpaired) electrons. The molecule has 2 N–H and O–H groups in total. The summed E-state index contributed by atoms with van der Waals surface area (Å²) in [4.78, 5) is 31.8. The Hall–Kier alpha value is -3.21. The number of nitrogens with one attached hydrogen (secondary N) is 2. The highest BCUT2D eigenvalue weighted by Gasteiger charge is 2.15. The van der Waals surface area contributed by atoms with E-state index >= 15 is 0 Å². The minimum atomic E-state index is -0.498. The quantitative estimate of drug-likeness (QED) is 0.211. The van der Waals surface area contributed by atoms with Crippen LogP contribution in [0.15, 0.2) is 35.6 Å². The third kappa shape index (κ3) is 5.69. The average Bonchev–Trinajstić information content (AvgIpc) is 3.14. The van der Waals surface area contributed by atoms with E-state index in [1.165, 1.54) is 24.3 Å². The van der Waals surface area contributed by atoms with Gasteiger partial charge in [0.05, 0.1) is 23.1 Å². The van der Waals surface area contributed by atoms with Crippen molar-refractivity contribution in [2.75, 3.05) is 18.4 Å². The van der Waals surface area contributed by atoms with Crippen molar-refractivity contribution in [3.8, 4) is 0 Å². The molecule has 3 rings (SSSR count). The number of hydrogen-bond acceptors (Lipinski definition) is 8. The molecular formula is C20H25N7O3S. The van der Waals surface area contributed by atoms with E-state index in [4.69, 9.17) is 0 Å². The number of amides is 1. The Kier molecular flexibility index (Phi) is 7.40. The first kappa shape index (κ1) is 22.5. The standard InChI is InChI=1S/C20H25N7O3S/c1-4-9-21-17-16-12-23-26(18(16)25-20(24-17)31-13(2)3)11-10-22-19(28)14-5-7-15(8-6-14)27(29)30/h5-8,12-13H,4,9-11H2,1-3H3,(H,22,28)(H,21,24,25). The van der Waals surface area contributed by atoms with Crippen molar-refractivity contribution in [2.24, 2.45) is 0 Å². The Morgan fingerprint density at radius 1 is 1.23 bits per heavy atom. The molecule has 0 aliphatic heterocycles. The zero-order valence-corrected chi connectivity index (χ0v) is 18.5. The lowest BCUT2D eigenvalue weighted by Gasteiger charge is -2.10. The molecule has 0 saturated carbocycles. The molecule has 1 amide bonds. The number of thioether (sulfide) groups is 1. The maximum Gasteiger partial charge on any atom is 0.269 e. The van der Waals surface area contributed by atoms with E-state index < -0.39 is 4.92 Å². The number of carbonyl (C=O) groups excluding carboxylic acids is 1. The fourth-order valence-corrected chi connectivity index (χ4v) is 3.56. The van der Waals surface area contributed by atoms with E-state index in [2.05, 4.69) is 46.5 Å². The third-order valence-electron chi connectivity index (χ3n) is 4.31. The van der Waals surface area contributed by atoms with Gasteiger partial charge in [-0.05, 0) is 18.6 Å². The van der Waals surface area contributed by atoms with Gasteiger partial charge in [0.2, 0.25) is 0 Å². The number of carbonyl (C=O) groups is 1. The lowest BCUT2D eigenvalue weighted by atomic mass is 10.2. The highest BCUT2D eigenvalue weighted by atomic mass is 32.2. The monoisotopic (exact) mass is 443 g/mol. The number of fused-ring (bicyclic) bond motifs is 1. The van der Waals surface area contributed by atoms with Gasteiger partial charge < -0.3 is 10.6 Å². The Morgan fingerprint density at radius 3 is 2.61 bits per heavy atom. The van der Waals surface area contributed by atoms with Gasteiger partial charge in [-0.2, -0.15) is 5.10 Å². The van der Waals surface area contributed by atoms with E-state index in [-0.39, 0.29) is 11.6 Å². The SMILES string of the molecule is CCCNc1nc(SC(C)C)nc2c1cnn2CCNC(=O)c1ccc([N+](=O)[O-])cc1. The molecule has 3 aromatic rings. The Bertz CT molecular complexity index is 1070. The molecular weight excluding hydrogens is 418 g/mol. The first-order chi connectivity index (χ1) is 14.9. The van der Waals surface area contributed by atoms with Gasteiger partial charge in [0.25, 0.3) is 11.6 Å². The van der Waals surface area contributed by atoms with Crippen LogP contribution in [0.25, 0.3) is 11.0 Å². The summed E-state index contributed by atoms with van der Waals surface area (Å²) in [5.74, 6) is 0.457. The lowest BCUT2D eigenvalue weighted by Crippen LogP contribution is -2.27. The summed E-state index contributed by atoms with van der Waals surface area (Å²) in [6, 6.07) is 5.49. The van der Waals surface area contributed by atoms with Gasteiger partial charge in [-0.1, -0.05) is 32.5 Å². The third-order valence-corrected chi connectivity index (χ3v) is 5.17. The second kappa shape index (κ2) is 10.2. The lowest BCUT2D eigenvalue weighted by molar-refractivity contribution is -0.384. The van der Waals surface area contributed by atoms with Crippen LogP contribution in [0.5, 0.6) is 0 Å². The molecule has 0 aliphatic rings. The summed E-state index contributed by atoms with van der Waals surface area (Å²) in [6.07, 6.45) is 2.70.